The molecule has 164 valence electrons. The van der Waals surface area contributed by atoms with Gasteiger partial charge in [0.05, 0.1) is 12.3 Å². The van der Waals surface area contributed by atoms with E-state index < -0.39 is 17.8 Å². The van der Waals surface area contributed by atoms with Crippen LogP contribution < -0.4 is 19.7 Å². The zero-order chi connectivity index (χ0) is 22.4. The van der Waals surface area contributed by atoms with Gasteiger partial charge in [0.2, 0.25) is 5.91 Å². The molecule has 1 heterocycles. The fourth-order valence-electron chi connectivity index (χ4n) is 3.10. The number of ketones is 1. The first kappa shape index (κ1) is 22.2. The molecule has 0 saturated carbocycles. The van der Waals surface area contributed by atoms with Crippen molar-refractivity contribution >= 4 is 23.3 Å². The van der Waals surface area contributed by atoms with E-state index in [1.165, 1.54) is 36.3 Å². The van der Waals surface area contributed by atoms with Gasteiger partial charge in [-0.3, -0.25) is 19.3 Å². The Hall–Kier alpha value is -3.46. The highest BCUT2D eigenvalue weighted by Gasteiger charge is 2.33. The summed E-state index contributed by atoms with van der Waals surface area (Å²) in [6.07, 6.45) is 0. The molecule has 0 aliphatic carbocycles. The molecule has 0 bridgehead atoms. The van der Waals surface area contributed by atoms with Crippen LogP contribution >= 0.6 is 0 Å². The lowest BCUT2D eigenvalue weighted by atomic mass is 10.1. The molecule has 0 saturated heterocycles. The molecule has 31 heavy (non-hydrogen) atoms. The van der Waals surface area contributed by atoms with Crippen LogP contribution in [-0.2, 0) is 14.3 Å². The third kappa shape index (κ3) is 5.37. The molecule has 3 rings (SSSR count). The van der Waals surface area contributed by atoms with Crippen molar-refractivity contribution in [2.45, 2.75) is 13.0 Å². The highest BCUT2D eigenvalue weighted by molar-refractivity contribution is 6.05. The van der Waals surface area contributed by atoms with Gasteiger partial charge < -0.3 is 19.5 Å². The van der Waals surface area contributed by atoms with E-state index in [0.717, 1.165) is 0 Å². The predicted octanol–water partition coefficient (Wildman–Crippen LogP) is 1.96. The Morgan fingerprint density at radius 2 is 2.06 bits per heavy atom. The predicted molar refractivity (Wildman–Crippen MR) is 110 cm³/mol. The van der Waals surface area contributed by atoms with E-state index in [0.29, 0.717) is 24.6 Å². The van der Waals surface area contributed by atoms with Crippen LogP contribution in [-0.4, -0.2) is 57.1 Å². The van der Waals surface area contributed by atoms with Crippen molar-refractivity contribution in [3.05, 3.63) is 53.8 Å². The largest absolute Gasteiger partial charge is 0.485 e. The molecule has 1 aliphatic rings. The van der Waals surface area contributed by atoms with Crippen molar-refractivity contribution < 1.29 is 33.0 Å². The molecule has 8 nitrogen and oxygen atoms in total. The third-order valence-corrected chi connectivity index (χ3v) is 4.70. The molecule has 1 atom stereocenters. The summed E-state index contributed by atoms with van der Waals surface area (Å²) in [5.41, 5.74) is 0.590. The van der Waals surface area contributed by atoms with Gasteiger partial charge in [0, 0.05) is 25.3 Å². The van der Waals surface area contributed by atoms with Crippen LogP contribution in [0.2, 0.25) is 0 Å². The number of hydrogen-bond acceptors (Lipinski definition) is 6. The molecule has 0 aromatic heterocycles. The monoisotopic (exact) mass is 430 g/mol. The van der Waals surface area contributed by atoms with E-state index in [2.05, 4.69) is 5.32 Å². The molecule has 2 aromatic carbocycles. The van der Waals surface area contributed by atoms with Gasteiger partial charge in [-0.05, 0) is 37.3 Å². The number of fused-ring (bicyclic) bond motifs is 1. The number of nitrogens with zero attached hydrogens (tertiary/aromatic N) is 1. The second-order valence-electron chi connectivity index (χ2n) is 6.86. The average Bonchev–Trinajstić information content (AvgIpc) is 2.76. The number of carbonyl (C=O) groups excluding carboxylic acids is 3. The van der Waals surface area contributed by atoms with Crippen LogP contribution in [0.25, 0.3) is 0 Å². The number of ether oxygens (including phenoxy) is 3. The molecule has 0 fully saturated rings. The minimum absolute atomic E-state index is 0.210. The number of methoxy groups -OCH3 is 1. The van der Waals surface area contributed by atoms with Crippen LogP contribution in [0.1, 0.15) is 17.3 Å². The summed E-state index contributed by atoms with van der Waals surface area (Å²) in [4.78, 5) is 38.9. The Kier molecular flexibility index (Phi) is 7.19. The average molecular weight is 430 g/mol. The van der Waals surface area contributed by atoms with Crippen molar-refractivity contribution in [3.8, 4) is 11.5 Å². The third-order valence-electron chi connectivity index (χ3n) is 4.70. The molecule has 1 aliphatic heterocycles. The normalized spacial score (nSPS) is 13.8. The highest BCUT2D eigenvalue weighted by Crippen LogP contribution is 2.34. The molecular formula is C22H23FN2O6. The summed E-state index contributed by atoms with van der Waals surface area (Å²) < 4.78 is 29.0. The molecule has 0 spiro atoms. The van der Waals surface area contributed by atoms with Crippen LogP contribution in [0.4, 0.5) is 10.1 Å². The first-order chi connectivity index (χ1) is 14.9. The van der Waals surface area contributed by atoms with Crippen LogP contribution in [0, 0.1) is 5.82 Å². The van der Waals surface area contributed by atoms with Crippen molar-refractivity contribution in [3.63, 3.8) is 0 Å². The Morgan fingerprint density at radius 3 is 2.81 bits per heavy atom. The summed E-state index contributed by atoms with van der Waals surface area (Å²) in [6.45, 7) is 1.72. The van der Waals surface area contributed by atoms with E-state index in [1.54, 1.807) is 25.1 Å². The lowest BCUT2D eigenvalue weighted by molar-refractivity contribution is -0.127. The fourth-order valence-corrected chi connectivity index (χ4v) is 3.10. The van der Waals surface area contributed by atoms with Gasteiger partial charge in [0.25, 0.3) is 5.91 Å². The zero-order valence-electron chi connectivity index (χ0n) is 17.2. The van der Waals surface area contributed by atoms with E-state index in [9.17, 15) is 18.8 Å². The number of benzene rings is 2. The van der Waals surface area contributed by atoms with Gasteiger partial charge >= 0.3 is 0 Å². The fraction of sp³-hybridized carbons (Fsp3) is 0.318. The van der Waals surface area contributed by atoms with Gasteiger partial charge in [-0.25, -0.2) is 4.39 Å². The second kappa shape index (κ2) is 10.0. The van der Waals surface area contributed by atoms with Gasteiger partial charge in [-0.1, -0.05) is 6.07 Å². The summed E-state index contributed by atoms with van der Waals surface area (Å²) in [5.74, 6) is -0.983. The standard InChI is InChI=1S/C22H23FN2O6/c1-14(22(28)24-8-9-29-2)25-18-10-15(6-7-20(18)31-13-21(25)27)19(26)12-30-17-5-3-4-16(23)11-17/h3-7,10-11,14H,8-9,12-13H2,1-2H3,(H,24,28)/t14-/m1/s1. The van der Waals surface area contributed by atoms with Gasteiger partial charge in [0.1, 0.15) is 23.4 Å². The topological polar surface area (TPSA) is 94.2 Å². The quantitative estimate of drug-likeness (QED) is 0.483. The molecule has 1 N–H and O–H groups in total. The summed E-state index contributed by atoms with van der Waals surface area (Å²) in [6, 6.07) is 9.26. The SMILES string of the molecule is COCCNC(=O)[C@@H](C)N1C(=O)COc2ccc(C(=O)COc3cccc(F)c3)cc21. The number of carbonyl (C=O) groups is 3. The Balaban J connectivity index is 1.77. The Labute approximate surface area is 178 Å². The number of hydrogen-bond donors (Lipinski definition) is 1. The summed E-state index contributed by atoms with van der Waals surface area (Å²) >= 11 is 0. The van der Waals surface area contributed by atoms with Crippen LogP contribution in [0.3, 0.4) is 0 Å². The highest BCUT2D eigenvalue weighted by atomic mass is 19.1. The summed E-state index contributed by atoms with van der Waals surface area (Å²) in [5, 5.41) is 2.70. The van der Waals surface area contributed by atoms with Gasteiger partial charge in [-0.15, -0.1) is 0 Å². The minimum atomic E-state index is -0.819. The van der Waals surface area contributed by atoms with Crippen molar-refractivity contribution in [1.29, 1.82) is 0 Å². The first-order valence-electron chi connectivity index (χ1n) is 9.68. The number of amides is 2. The van der Waals surface area contributed by atoms with E-state index >= 15 is 0 Å². The number of nitrogens with one attached hydrogen (secondary N) is 1. The molecule has 2 amide bonds. The lowest BCUT2D eigenvalue weighted by Crippen LogP contribution is -2.51. The first-order valence-corrected chi connectivity index (χ1v) is 9.68. The molecule has 9 heteroatoms. The summed E-state index contributed by atoms with van der Waals surface area (Å²) in [7, 11) is 1.52. The van der Waals surface area contributed by atoms with E-state index in [4.69, 9.17) is 14.2 Å². The maximum Gasteiger partial charge on any atom is 0.265 e. The van der Waals surface area contributed by atoms with E-state index in [-0.39, 0.29) is 36.2 Å². The number of rotatable bonds is 9. The maximum atomic E-state index is 13.3. The van der Waals surface area contributed by atoms with Crippen LogP contribution in [0.5, 0.6) is 11.5 Å². The number of anilines is 1. The minimum Gasteiger partial charge on any atom is -0.485 e. The van der Waals surface area contributed by atoms with Crippen molar-refractivity contribution in [2.75, 3.05) is 38.4 Å². The Bertz CT molecular complexity index is 980. The molecular weight excluding hydrogens is 407 g/mol. The van der Waals surface area contributed by atoms with Crippen molar-refractivity contribution in [2.24, 2.45) is 0 Å². The van der Waals surface area contributed by atoms with Gasteiger partial charge in [-0.2, -0.15) is 0 Å². The second-order valence-corrected chi connectivity index (χ2v) is 6.86. The molecule has 0 unspecified atom stereocenters. The maximum absolute atomic E-state index is 13.3. The lowest BCUT2D eigenvalue weighted by Gasteiger charge is -2.33. The van der Waals surface area contributed by atoms with Crippen LogP contribution in [0.15, 0.2) is 42.5 Å². The Morgan fingerprint density at radius 1 is 1.26 bits per heavy atom. The number of Topliss-reactive ketones (excluding diaryl/α,β-unsaturated/α-hetero) is 1. The van der Waals surface area contributed by atoms with Crippen molar-refractivity contribution in [1.82, 2.24) is 5.32 Å². The zero-order valence-corrected chi connectivity index (χ0v) is 17.2. The molecule has 0 radical (unpaired) electrons. The smallest absolute Gasteiger partial charge is 0.265 e. The van der Waals surface area contributed by atoms with Gasteiger partial charge in [0.15, 0.2) is 19.0 Å². The number of halogens is 1. The molecule has 2 aromatic rings. The van der Waals surface area contributed by atoms with E-state index in [1.807, 2.05) is 0 Å².